The fourth-order valence-electron chi connectivity index (χ4n) is 9.90. The van der Waals surface area contributed by atoms with Gasteiger partial charge in [0, 0.05) is 38.9 Å². The van der Waals surface area contributed by atoms with Crippen molar-refractivity contribution in [1.82, 2.24) is 0 Å². The van der Waals surface area contributed by atoms with Crippen LogP contribution in [0.4, 0.5) is 34.1 Å². The first kappa shape index (κ1) is 39.0. The fraction of sp³-hybridized carbons (Fsp3) is 0.133. The molecule has 0 heterocycles. The second-order valence-electron chi connectivity index (χ2n) is 17.3. The van der Waals surface area contributed by atoms with Crippen molar-refractivity contribution in [3.05, 3.63) is 216 Å². The van der Waals surface area contributed by atoms with E-state index < -0.39 is 0 Å². The first-order valence-electron chi connectivity index (χ1n) is 22.1. The Morgan fingerprint density at radius 1 is 0.323 bits per heavy atom. The quantitative estimate of drug-likeness (QED) is 0.127. The molecule has 0 spiro atoms. The van der Waals surface area contributed by atoms with Gasteiger partial charge in [0.1, 0.15) is 0 Å². The summed E-state index contributed by atoms with van der Waals surface area (Å²) < 4.78 is 0. The summed E-state index contributed by atoms with van der Waals surface area (Å²) in [6.45, 7) is 13.9. The molecule has 0 radical (unpaired) electrons. The Kier molecular flexibility index (Phi) is 10.1. The average Bonchev–Trinajstić information content (AvgIpc) is 3.31. The fourth-order valence-corrected chi connectivity index (χ4v) is 9.90. The maximum Gasteiger partial charge on any atom is 0.0561 e. The van der Waals surface area contributed by atoms with Crippen LogP contribution >= 0.6 is 0 Å². The molecule has 10 aromatic carbocycles. The van der Waals surface area contributed by atoms with Crippen LogP contribution in [-0.4, -0.2) is 0 Å². The molecule has 2 heteroatoms. The molecular formula is C60H52N2. The Hall–Kier alpha value is -7.16. The predicted octanol–water partition coefficient (Wildman–Crippen LogP) is 17.7. The van der Waals surface area contributed by atoms with Crippen LogP contribution in [0.25, 0.3) is 54.6 Å². The van der Waals surface area contributed by atoms with Crippen molar-refractivity contribution >= 4 is 66.4 Å². The largest absolute Gasteiger partial charge is 0.310 e. The van der Waals surface area contributed by atoms with Crippen LogP contribution in [0.5, 0.6) is 0 Å². The van der Waals surface area contributed by atoms with Gasteiger partial charge >= 0.3 is 0 Å². The van der Waals surface area contributed by atoms with E-state index in [1.807, 2.05) is 0 Å². The summed E-state index contributed by atoms with van der Waals surface area (Å²) in [5.41, 5.74) is 16.9. The number of rotatable bonds is 10. The molecule has 0 saturated carbocycles. The van der Waals surface area contributed by atoms with E-state index in [0.29, 0.717) is 11.8 Å². The van der Waals surface area contributed by atoms with Crippen LogP contribution in [-0.2, 0) is 0 Å². The van der Waals surface area contributed by atoms with Crippen molar-refractivity contribution < 1.29 is 0 Å². The molecule has 62 heavy (non-hydrogen) atoms. The number of nitrogens with zero attached hydrogens (tertiary/aromatic N) is 2. The Balaban J connectivity index is 1.38. The van der Waals surface area contributed by atoms with Crippen molar-refractivity contribution in [2.24, 2.45) is 0 Å². The average molecular weight is 801 g/mol. The first-order chi connectivity index (χ1) is 30.3. The zero-order valence-electron chi connectivity index (χ0n) is 36.5. The summed E-state index contributed by atoms with van der Waals surface area (Å²) in [5.74, 6) is 0.730. The number of anilines is 6. The molecule has 0 amide bonds. The third kappa shape index (κ3) is 6.59. The van der Waals surface area contributed by atoms with Crippen molar-refractivity contribution in [1.29, 1.82) is 0 Å². The van der Waals surface area contributed by atoms with Gasteiger partial charge in [-0.15, -0.1) is 0 Å². The monoisotopic (exact) mass is 800 g/mol. The number of para-hydroxylation sites is 2. The van der Waals surface area contributed by atoms with E-state index in [1.165, 1.54) is 76.8 Å². The lowest BCUT2D eigenvalue weighted by atomic mass is 9.83. The van der Waals surface area contributed by atoms with Gasteiger partial charge in [-0.2, -0.15) is 0 Å². The summed E-state index contributed by atoms with van der Waals surface area (Å²) >= 11 is 0. The van der Waals surface area contributed by atoms with E-state index in [9.17, 15) is 0 Å². The van der Waals surface area contributed by atoms with E-state index >= 15 is 0 Å². The number of hydrogen-bond donors (Lipinski definition) is 0. The molecule has 10 rings (SSSR count). The van der Waals surface area contributed by atoms with Crippen LogP contribution in [0, 0.1) is 13.8 Å². The molecule has 0 aromatic heterocycles. The molecule has 0 saturated heterocycles. The van der Waals surface area contributed by atoms with Crippen molar-refractivity contribution in [2.45, 2.75) is 53.4 Å². The highest BCUT2D eigenvalue weighted by Gasteiger charge is 2.28. The van der Waals surface area contributed by atoms with Gasteiger partial charge in [0.25, 0.3) is 0 Å². The number of benzene rings is 10. The second kappa shape index (κ2) is 16.0. The molecule has 0 atom stereocenters. The van der Waals surface area contributed by atoms with Crippen LogP contribution in [0.2, 0.25) is 0 Å². The van der Waals surface area contributed by atoms with Crippen molar-refractivity contribution in [3.8, 4) is 22.3 Å². The summed E-state index contributed by atoms with van der Waals surface area (Å²) in [6.07, 6.45) is 0. The highest BCUT2D eigenvalue weighted by Crippen LogP contribution is 2.53. The SMILES string of the molecule is Cc1c(-c2ccccc2)cccc1N(c1ccccc1)c1cc(N(c2ccccc2)c2cccc(-c3ccccc3)c2C)c2ccc3c(C(C)C)cc(C(C)C)c4ccc1c2c43. The summed E-state index contributed by atoms with van der Waals surface area (Å²) in [7, 11) is 0. The van der Waals surface area contributed by atoms with E-state index in [-0.39, 0.29) is 0 Å². The third-order valence-corrected chi connectivity index (χ3v) is 12.9. The molecule has 2 nitrogen and oxygen atoms in total. The highest BCUT2D eigenvalue weighted by atomic mass is 15.2. The minimum Gasteiger partial charge on any atom is -0.310 e. The molecule has 10 aromatic rings. The second-order valence-corrected chi connectivity index (χ2v) is 17.3. The Morgan fingerprint density at radius 2 is 0.677 bits per heavy atom. The summed E-state index contributed by atoms with van der Waals surface area (Å²) in [6, 6.07) is 71.6. The lowest BCUT2D eigenvalue weighted by Gasteiger charge is -2.34. The standard InChI is InChI=1S/C60H52N2/c1-39(2)53-37-54(40(3)4)50-34-36-52-58(62(46-27-17-10-18-28-46)56-32-20-30-48(42(56)6)44-23-13-8-14-24-44)38-57(51-35-33-49(53)59(50)60(51)52)61(45-25-15-9-16-26-45)55-31-19-29-47(41(55)5)43-21-11-7-12-22-43/h7-40H,1-6H3. The van der Waals surface area contributed by atoms with E-state index in [1.54, 1.807) is 0 Å². The van der Waals surface area contributed by atoms with Crippen LogP contribution in [0.3, 0.4) is 0 Å². The van der Waals surface area contributed by atoms with Gasteiger partial charge in [0.2, 0.25) is 0 Å². The van der Waals surface area contributed by atoms with Crippen molar-refractivity contribution in [2.75, 3.05) is 9.80 Å². The Morgan fingerprint density at radius 3 is 1.06 bits per heavy atom. The lowest BCUT2D eigenvalue weighted by molar-refractivity contribution is 0.847. The van der Waals surface area contributed by atoms with Gasteiger partial charge in [-0.05, 0) is 129 Å². The molecule has 0 fully saturated rings. The maximum atomic E-state index is 2.51. The number of hydrogen-bond acceptors (Lipinski definition) is 2. The molecule has 0 aliphatic heterocycles. The molecular weight excluding hydrogens is 749 g/mol. The van der Waals surface area contributed by atoms with Gasteiger partial charge in [-0.25, -0.2) is 0 Å². The first-order valence-corrected chi connectivity index (χ1v) is 22.1. The Bertz CT molecular complexity index is 2980. The van der Waals surface area contributed by atoms with E-state index in [0.717, 1.165) is 34.1 Å². The van der Waals surface area contributed by atoms with Crippen molar-refractivity contribution in [3.63, 3.8) is 0 Å². The highest BCUT2D eigenvalue weighted by molar-refractivity contribution is 6.30. The lowest BCUT2D eigenvalue weighted by Crippen LogP contribution is -2.16. The molecule has 0 aliphatic carbocycles. The summed E-state index contributed by atoms with van der Waals surface area (Å²) in [4.78, 5) is 5.03. The predicted molar refractivity (Wildman–Crippen MR) is 268 cm³/mol. The third-order valence-electron chi connectivity index (χ3n) is 12.9. The molecule has 0 aliphatic rings. The summed E-state index contributed by atoms with van der Waals surface area (Å²) in [5, 5.41) is 7.78. The van der Waals surface area contributed by atoms with Gasteiger partial charge in [0.15, 0.2) is 0 Å². The normalized spacial score (nSPS) is 11.7. The zero-order valence-corrected chi connectivity index (χ0v) is 36.5. The van der Waals surface area contributed by atoms with Gasteiger partial charge in [-0.3, -0.25) is 0 Å². The van der Waals surface area contributed by atoms with Crippen LogP contribution in [0.1, 0.15) is 61.8 Å². The van der Waals surface area contributed by atoms with E-state index in [4.69, 9.17) is 0 Å². The molecule has 0 unspecified atom stereocenters. The molecule has 0 N–H and O–H groups in total. The van der Waals surface area contributed by atoms with E-state index in [2.05, 4.69) is 245 Å². The topological polar surface area (TPSA) is 6.48 Å². The van der Waals surface area contributed by atoms with Crippen LogP contribution < -0.4 is 9.80 Å². The van der Waals surface area contributed by atoms with Gasteiger partial charge < -0.3 is 9.80 Å². The van der Waals surface area contributed by atoms with Gasteiger partial charge in [-0.1, -0.05) is 179 Å². The minimum absolute atomic E-state index is 0.365. The maximum absolute atomic E-state index is 2.51. The van der Waals surface area contributed by atoms with Gasteiger partial charge in [0.05, 0.1) is 11.4 Å². The zero-order chi connectivity index (χ0) is 42.5. The smallest absolute Gasteiger partial charge is 0.0561 e. The molecule has 302 valence electrons. The molecule has 0 bridgehead atoms. The van der Waals surface area contributed by atoms with Crippen LogP contribution in [0.15, 0.2) is 194 Å². The minimum atomic E-state index is 0.365. The Labute approximate surface area is 366 Å².